The maximum absolute atomic E-state index is 12.9. The number of ether oxygens (including phenoxy) is 2. The molecule has 6 heteroatoms. The molecule has 0 unspecified atom stereocenters. The average Bonchev–Trinajstić information content (AvgIpc) is 3.36. The van der Waals surface area contributed by atoms with E-state index in [4.69, 9.17) is 18.9 Å². The van der Waals surface area contributed by atoms with Gasteiger partial charge in [0.05, 0.1) is 12.7 Å². The highest BCUT2D eigenvalue weighted by Gasteiger charge is 2.22. The van der Waals surface area contributed by atoms with Gasteiger partial charge in [0.25, 0.3) is 0 Å². The van der Waals surface area contributed by atoms with E-state index >= 15 is 0 Å². The van der Waals surface area contributed by atoms with Gasteiger partial charge in [0, 0.05) is 21.2 Å². The standard InChI is InChI=1S/C29H20BrNO4/c1-33-23-15-12-21(13-16-23)29(32)34-25-17-14-22(30)18-24(25)26-27(19-8-4-2-5-9-19)35-28(31-26)20-10-6-3-7-11-20/h2-18H,1H3. The number of hydrogen-bond donors (Lipinski definition) is 0. The quantitative estimate of drug-likeness (QED) is 0.168. The molecule has 0 radical (unpaired) electrons. The van der Waals surface area contributed by atoms with Gasteiger partial charge in [0.2, 0.25) is 5.89 Å². The summed E-state index contributed by atoms with van der Waals surface area (Å²) in [6.07, 6.45) is 0. The average molecular weight is 526 g/mol. The second-order valence-electron chi connectivity index (χ2n) is 7.69. The molecule has 0 aliphatic heterocycles. The first kappa shape index (κ1) is 22.6. The smallest absolute Gasteiger partial charge is 0.343 e. The Bertz CT molecular complexity index is 1460. The van der Waals surface area contributed by atoms with E-state index in [9.17, 15) is 4.79 Å². The Kier molecular flexibility index (Phi) is 6.46. The summed E-state index contributed by atoms with van der Waals surface area (Å²) >= 11 is 3.54. The summed E-state index contributed by atoms with van der Waals surface area (Å²) in [7, 11) is 1.58. The second kappa shape index (κ2) is 9.99. The second-order valence-corrected chi connectivity index (χ2v) is 8.60. The van der Waals surface area contributed by atoms with Crippen molar-refractivity contribution in [3.05, 3.63) is 113 Å². The Balaban J connectivity index is 1.60. The monoisotopic (exact) mass is 525 g/mol. The number of hydrogen-bond acceptors (Lipinski definition) is 5. The predicted octanol–water partition coefficient (Wildman–Crippen LogP) is 7.67. The van der Waals surface area contributed by atoms with Gasteiger partial charge in [-0.15, -0.1) is 0 Å². The molecule has 1 aromatic heterocycles. The molecule has 35 heavy (non-hydrogen) atoms. The zero-order valence-electron chi connectivity index (χ0n) is 18.8. The Morgan fingerprint density at radius 1 is 0.829 bits per heavy atom. The fourth-order valence-electron chi connectivity index (χ4n) is 3.65. The lowest BCUT2D eigenvalue weighted by molar-refractivity contribution is 0.0735. The number of halogens is 1. The SMILES string of the molecule is COc1ccc(C(=O)Oc2ccc(Br)cc2-c2nc(-c3ccccc3)oc2-c2ccccc2)cc1. The van der Waals surface area contributed by atoms with Crippen LogP contribution in [0, 0.1) is 0 Å². The summed E-state index contributed by atoms with van der Waals surface area (Å²) in [5.74, 6) is 1.62. The molecule has 0 aliphatic rings. The van der Waals surface area contributed by atoms with Gasteiger partial charge in [-0.3, -0.25) is 0 Å². The Hall–Kier alpha value is -4.16. The normalized spacial score (nSPS) is 10.7. The van der Waals surface area contributed by atoms with Crippen LogP contribution in [0.15, 0.2) is 112 Å². The van der Waals surface area contributed by atoms with E-state index in [1.807, 2.05) is 72.8 Å². The highest BCUT2D eigenvalue weighted by Crippen LogP contribution is 2.41. The number of carbonyl (C=O) groups excluding carboxylic acids is 1. The number of aromatic nitrogens is 1. The van der Waals surface area contributed by atoms with Crippen molar-refractivity contribution in [3.8, 4) is 45.5 Å². The fraction of sp³-hybridized carbons (Fsp3) is 0.0345. The van der Waals surface area contributed by atoms with Crippen LogP contribution in [0.25, 0.3) is 34.0 Å². The summed E-state index contributed by atoms with van der Waals surface area (Å²) in [6, 6.07) is 31.6. The Morgan fingerprint density at radius 3 is 2.14 bits per heavy atom. The predicted molar refractivity (Wildman–Crippen MR) is 138 cm³/mol. The summed E-state index contributed by atoms with van der Waals surface area (Å²) < 4.78 is 18.1. The van der Waals surface area contributed by atoms with Gasteiger partial charge >= 0.3 is 5.97 Å². The molecule has 0 fully saturated rings. The van der Waals surface area contributed by atoms with E-state index in [0.29, 0.717) is 40.0 Å². The van der Waals surface area contributed by atoms with Crippen molar-refractivity contribution in [2.75, 3.05) is 7.11 Å². The van der Waals surface area contributed by atoms with Crippen LogP contribution in [0.2, 0.25) is 0 Å². The molecule has 0 saturated carbocycles. The molecule has 0 bridgehead atoms. The van der Waals surface area contributed by atoms with Crippen LogP contribution in [0.1, 0.15) is 10.4 Å². The van der Waals surface area contributed by atoms with Crippen molar-refractivity contribution in [2.45, 2.75) is 0 Å². The van der Waals surface area contributed by atoms with E-state index in [1.165, 1.54) is 0 Å². The topological polar surface area (TPSA) is 61.6 Å². The minimum atomic E-state index is -0.482. The van der Waals surface area contributed by atoms with Crippen LogP contribution < -0.4 is 9.47 Å². The zero-order chi connectivity index (χ0) is 24.2. The lowest BCUT2D eigenvalue weighted by atomic mass is 10.0. The largest absolute Gasteiger partial charge is 0.497 e. The van der Waals surface area contributed by atoms with E-state index in [0.717, 1.165) is 15.6 Å². The van der Waals surface area contributed by atoms with Crippen molar-refractivity contribution in [1.29, 1.82) is 0 Å². The number of oxazole rings is 1. The third-order valence-electron chi connectivity index (χ3n) is 5.41. The first-order valence-electron chi connectivity index (χ1n) is 10.9. The Morgan fingerprint density at radius 2 is 1.49 bits per heavy atom. The van der Waals surface area contributed by atoms with Crippen molar-refractivity contribution in [3.63, 3.8) is 0 Å². The van der Waals surface area contributed by atoms with Crippen molar-refractivity contribution >= 4 is 21.9 Å². The van der Waals surface area contributed by atoms with Crippen LogP contribution in [0.4, 0.5) is 0 Å². The van der Waals surface area contributed by atoms with Crippen molar-refractivity contribution in [2.24, 2.45) is 0 Å². The van der Waals surface area contributed by atoms with Crippen molar-refractivity contribution < 1.29 is 18.7 Å². The fourth-order valence-corrected chi connectivity index (χ4v) is 4.02. The molecular weight excluding hydrogens is 506 g/mol. The van der Waals surface area contributed by atoms with E-state index < -0.39 is 5.97 Å². The van der Waals surface area contributed by atoms with Crippen LogP contribution in [-0.2, 0) is 0 Å². The molecule has 5 rings (SSSR count). The highest BCUT2D eigenvalue weighted by atomic mass is 79.9. The maximum atomic E-state index is 12.9. The van der Waals surface area contributed by atoms with Crippen molar-refractivity contribution in [1.82, 2.24) is 4.98 Å². The van der Waals surface area contributed by atoms with E-state index in [1.54, 1.807) is 37.4 Å². The molecule has 5 aromatic rings. The molecule has 5 nitrogen and oxygen atoms in total. The molecule has 172 valence electrons. The van der Waals surface area contributed by atoms with Gasteiger partial charge in [-0.2, -0.15) is 0 Å². The lowest BCUT2D eigenvalue weighted by Crippen LogP contribution is -2.09. The molecule has 0 amide bonds. The number of esters is 1. The molecular formula is C29H20BrNO4. The van der Waals surface area contributed by atoms with Crippen LogP contribution >= 0.6 is 15.9 Å². The van der Waals surface area contributed by atoms with Crippen LogP contribution in [0.5, 0.6) is 11.5 Å². The summed E-state index contributed by atoms with van der Waals surface area (Å²) in [6.45, 7) is 0. The molecule has 1 heterocycles. The highest BCUT2D eigenvalue weighted by molar-refractivity contribution is 9.10. The summed E-state index contributed by atoms with van der Waals surface area (Å²) in [5.41, 5.74) is 3.33. The van der Waals surface area contributed by atoms with Crippen LogP contribution in [-0.4, -0.2) is 18.1 Å². The van der Waals surface area contributed by atoms with Crippen LogP contribution in [0.3, 0.4) is 0 Å². The molecule has 0 atom stereocenters. The minimum absolute atomic E-state index is 0.374. The number of rotatable bonds is 6. The van der Waals surface area contributed by atoms with Gasteiger partial charge in [-0.25, -0.2) is 9.78 Å². The summed E-state index contributed by atoms with van der Waals surface area (Å²) in [4.78, 5) is 17.8. The van der Waals surface area contributed by atoms with Gasteiger partial charge in [-0.1, -0.05) is 64.5 Å². The molecule has 0 saturated heterocycles. The molecule has 0 N–H and O–H groups in total. The first-order valence-corrected chi connectivity index (χ1v) is 11.7. The third kappa shape index (κ3) is 4.88. The van der Waals surface area contributed by atoms with Gasteiger partial charge in [-0.05, 0) is 54.6 Å². The molecule has 4 aromatic carbocycles. The zero-order valence-corrected chi connectivity index (χ0v) is 20.4. The molecule has 0 aliphatic carbocycles. The number of nitrogens with zero attached hydrogens (tertiary/aromatic N) is 1. The Labute approximate surface area is 211 Å². The van der Waals surface area contributed by atoms with Gasteiger partial charge in [0.15, 0.2) is 5.76 Å². The van der Waals surface area contributed by atoms with Gasteiger partial charge in [0.1, 0.15) is 17.2 Å². The first-order chi connectivity index (χ1) is 17.1. The number of methoxy groups -OCH3 is 1. The number of benzene rings is 4. The maximum Gasteiger partial charge on any atom is 0.343 e. The van der Waals surface area contributed by atoms with E-state index in [-0.39, 0.29) is 0 Å². The number of carbonyl (C=O) groups is 1. The lowest BCUT2D eigenvalue weighted by Gasteiger charge is -2.11. The summed E-state index contributed by atoms with van der Waals surface area (Å²) in [5, 5.41) is 0. The third-order valence-corrected chi connectivity index (χ3v) is 5.90. The molecule has 0 spiro atoms. The minimum Gasteiger partial charge on any atom is -0.497 e. The van der Waals surface area contributed by atoms with E-state index in [2.05, 4.69) is 15.9 Å². The van der Waals surface area contributed by atoms with Gasteiger partial charge < -0.3 is 13.9 Å².